The molecule has 6 heteroatoms. The highest BCUT2D eigenvalue weighted by Crippen LogP contribution is 2.35. The second-order valence-electron chi connectivity index (χ2n) is 4.94. The Morgan fingerprint density at radius 1 is 1.30 bits per heavy atom. The lowest BCUT2D eigenvalue weighted by Gasteiger charge is -2.28. The van der Waals surface area contributed by atoms with Gasteiger partial charge in [0, 0.05) is 12.6 Å². The summed E-state index contributed by atoms with van der Waals surface area (Å²) >= 11 is 0. The summed E-state index contributed by atoms with van der Waals surface area (Å²) < 4.78 is 38.9. The van der Waals surface area contributed by atoms with Crippen LogP contribution in [0.3, 0.4) is 0 Å². The maximum atomic E-state index is 13.0. The predicted octanol–water partition coefficient (Wildman–Crippen LogP) is 3.42. The largest absolute Gasteiger partial charge is 0.481 e. The van der Waals surface area contributed by atoms with Crippen LogP contribution in [0.25, 0.3) is 0 Å². The van der Waals surface area contributed by atoms with Gasteiger partial charge >= 0.3 is 12.1 Å². The average molecular weight is 289 g/mol. The molecule has 0 aliphatic carbocycles. The van der Waals surface area contributed by atoms with Crippen molar-refractivity contribution in [2.75, 3.05) is 13.6 Å². The molecular weight excluding hydrogens is 271 g/mol. The van der Waals surface area contributed by atoms with Gasteiger partial charge in [0.25, 0.3) is 0 Å². The van der Waals surface area contributed by atoms with Gasteiger partial charge in [0.05, 0.1) is 11.5 Å². The number of halogens is 3. The van der Waals surface area contributed by atoms with E-state index in [0.717, 1.165) is 6.07 Å². The Kier molecular flexibility index (Phi) is 5.16. The third-order valence-electron chi connectivity index (χ3n) is 3.36. The van der Waals surface area contributed by atoms with E-state index in [1.165, 1.54) is 19.1 Å². The first-order chi connectivity index (χ1) is 9.14. The molecule has 1 rings (SSSR count). The molecule has 0 spiro atoms. The van der Waals surface area contributed by atoms with E-state index in [0.29, 0.717) is 0 Å². The lowest BCUT2D eigenvalue weighted by Crippen LogP contribution is -2.31. The number of nitrogens with zero attached hydrogens (tertiary/aromatic N) is 1. The maximum Gasteiger partial charge on any atom is 0.416 e. The second-order valence-corrected chi connectivity index (χ2v) is 4.94. The fraction of sp³-hybridized carbons (Fsp3) is 0.500. The van der Waals surface area contributed by atoms with Crippen LogP contribution in [0, 0.1) is 5.92 Å². The van der Waals surface area contributed by atoms with Gasteiger partial charge in [-0.05, 0) is 25.6 Å². The van der Waals surface area contributed by atoms with Crippen LogP contribution in [-0.2, 0) is 11.0 Å². The lowest BCUT2D eigenvalue weighted by atomic mass is 9.99. The van der Waals surface area contributed by atoms with E-state index in [4.69, 9.17) is 5.11 Å². The number of carbonyl (C=O) groups is 1. The van der Waals surface area contributed by atoms with Crippen molar-refractivity contribution in [1.82, 2.24) is 4.90 Å². The minimum Gasteiger partial charge on any atom is -0.481 e. The molecule has 2 unspecified atom stereocenters. The Morgan fingerprint density at radius 2 is 1.85 bits per heavy atom. The number of benzene rings is 1. The number of carboxylic acids is 1. The Hall–Kier alpha value is -1.56. The van der Waals surface area contributed by atoms with Crippen LogP contribution in [0.4, 0.5) is 13.2 Å². The molecule has 3 nitrogen and oxygen atoms in total. The van der Waals surface area contributed by atoms with E-state index in [9.17, 15) is 18.0 Å². The van der Waals surface area contributed by atoms with Gasteiger partial charge in [-0.25, -0.2) is 0 Å². The second kappa shape index (κ2) is 6.26. The molecule has 0 heterocycles. The van der Waals surface area contributed by atoms with Crippen LogP contribution in [0.15, 0.2) is 24.3 Å². The van der Waals surface area contributed by atoms with Gasteiger partial charge < -0.3 is 5.11 Å². The zero-order valence-electron chi connectivity index (χ0n) is 11.6. The summed E-state index contributed by atoms with van der Waals surface area (Å²) in [5.74, 6) is -1.60. The van der Waals surface area contributed by atoms with Gasteiger partial charge in [-0.1, -0.05) is 25.1 Å². The molecule has 0 aliphatic rings. The molecule has 0 saturated heterocycles. The lowest BCUT2D eigenvalue weighted by molar-refractivity contribution is -0.142. The van der Waals surface area contributed by atoms with Gasteiger partial charge in [0.2, 0.25) is 0 Å². The third kappa shape index (κ3) is 3.96. The summed E-state index contributed by atoms with van der Waals surface area (Å²) in [6.45, 7) is 3.35. The number of hydrogen-bond donors (Lipinski definition) is 1. The van der Waals surface area contributed by atoms with Crippen molar-refractivity contribution in [1.29, 1.82) is 0 Å². The molecule has 1 aromatic rings. The first-order valence-electron chi connectivity index (χ1n) is 6.23. The van der Waals surface area contributed by atoms with E-state index >= 15 is 0 Å². The fourth-order valence-electron chi connectivity index (χ4n) is 2.03. The first-order valence-corrected chi connectivity index (χ1v) is 6.23. The van der Waals surface area contributed by atoms with Gasteiger partial charge in [-0.2, -0.15) is 13.2 Å². The van der Waals surface area contributed by atoms with Crippen LogP contribution in [0.5, 0.6) is 0 Å². The van der Waals surface area contributed by atoms with Crippen molar-refractivity contribution >= 4 is 5.97 Å². The Morgan fingerprint density at radius 3 is 2.35 bits per heavy atom. The summed E-state index contributed by atoms with van der Waals surface area (Å²) in [5, 5.41) is 8.86. The number of aliphatic carboxylic acids is 1. The van der Waals surface area contributed by atoms with Gasteiger partial charge in [0.15, 0.2) is 0 Å². The molecule has 20 heavy (non-hydrogen) atoms. The molecule has 1 aromatic carbocycles. The molecule has 0 saturated carbocycles. The standard InChI is InChI=1S/C14H18F3NO2/c1-9(13(19)20)8-18(3)10(2)11-6-4-5-7-12(11)14(15,16)17/h4-7,9-10H,8H2,1-3H3,(H,19,20). The zero-order valence-corrected chi connectivity index (χ0v) is 11.6. The Bertz CT molecular complexity index is 474. The highest BCUT2D eigenvalue weighted by atomic mass is 19.4. The Labute approximate surface area is 116 Å². The minimum atomic E-state index is -4.41. The fourth-order valence-corrected chi connectivity index (χ4v) is 2.03. The zero-order chi connectivity index (χ0) is 15.5. The van der Waals surface area contributed by atoms with Gasteiger partial charge in [-0.15, -0.1) is 0 Å². The van der Waals surface area contributed by atoms with E-state index in [2.05, 4.69) is 0 Å². The highest BCUT2D eigenvalue weighted by molar-refractivity contribution is 5.69. The Balaban J connectivity index is 2.98. The predicted molar refractivity (Wildman–Crippen MR) is 69.3 cm³/mol. The normalized spacial score (nSPS) is 15.2. The van der Waals surface area contributed by atoms with Crippen LogP contribution in [-0.4, -0.2) is 29.6 Å². The van der Waals surface area contributed by atoms with E-state index in [1.807, 2.05) is 0 Å². The molecule has 0 amide bonds. The smallest absolute Gasteiger partial charge is 0.416 e. The average Bonchev–Trinajstić information content (AvgIpc) is 2.36. The summed E-state index contributed by atoms with van der Waals surface area (Å²) in [7, 11) is 1.62. The maximum absolute atomic E-state index is 13.0. The van der Waals surface area contributed by atoms with Crippen molar-refractivity contribution in [3.05, 3.63) is 35.4 Å². The number of carboxylic acid groups (broad SMARTS) is 1. The van der Waals surface area contributed by atoms with Crippen molar-refractivity contribution in [2.45, 2.75) is 26.1 Å². The molecule has 0 radical (unpaired) electrons. The van der Waals surface area contributed by atoms with Gasteiger partial charge in [-0.3, -0.25) is 9.69 Å². The molecule has 0 aliphatic heterocycles. The first kappa shape index (κ1) is 16.5. The van der Waals surface area contributed by atoms with E-state index < -0.39 is 29.7 Å². The summed E-state index contributed by atoms with van der Waals surface area (Å²) in [6, 6.07) is 4.85. The summed E-state index contributed by atoms with van der Waals surface area (Å²) in [4.78, 5) is 12.4. The SMILES string of the molecule is CC(CN(C)C(C)c1ccccc1C(F)(F)F)C(=O)O. The van der Waals surface area contributed by atoms with Crippen molar-refractivity contribution in [3.8, 4) is 0 Å². The van der Waals surface area contributed by atoms with Crippen LogP contribution < -0.4 is 0 Å². The quantitative estimate of drug-likeness (QED) is 0.903. The van der Waals surface area contributed by atoms with E-state index in [-0.39, 0.29) is 12.1 Å². The monoisotopic (exact) mass is 289 g/mol. The third-order valence-corrected chi connectivity index (χ3v) is 3.36. The number of hydrogen-bond acceptors (Lipinski definition) is 2. The molecule has 2 atom stereocenters. The molecular formula is C14H18F3NO2. The summed E-state index contributed by atoms with van der Waals surface area (Å²) in [6.07, 6.45) is -4.41. The van der Waals surface area contributed by atoms with Crippen LogP contribution in [0.2, 0.25) is 0 Å². The van der Waals surface area contributed by atoms with E-state index in [1.54, 1.807) is 24.9 Å². The minimum absolute atomic E-state index is 0.153. The molecule has 0 aromatic heterocycles. The van der Waals surface area contributed by atoms with Crippen molar-refractivity contribution in [3.63, 3.8) is 0 Å². The molecule has 112 valence electrons. The van der Waals surface area contributed by atoms with Crippen molar-refractivity contribution < 1.29 is 23.1 Å². The number of alkyl halides is 3. The summed E-state index contributed by atoms with van der Waals surface area (Å²) in [5.41, 5.74) is -0.526. The topological polar surface area (TPSA) is 40.5 Å². The molecule has 0 fully saturated rings. The molecule has 1 N–H and O–H groups in total. The van der Waals surface area contributed by atoms with Gasteiger partial charge in [0.1, 0.15) is 0 Å². The van der Waals surface area contributed by atoms with Crippen molar-refractivity contribution in [2.24, 2.45) is 5.92 Å². The molecule has 0 bridgehead atoms. The highest BCUT2D eigenvalue weighted by Gasteiger charge is 2.35. The van der Waals surface area contributed by atoms with Crippen LogP contribution in [0.1, 0.15) is 31.0 Å². The van der Waals surface area contributed by atoms with Crippen LogP contribution >= 0.6 is 0 Å². The number of rotatable bonds is 5.